The smallest absolute Gasteiger partial charge is 0.0645 e. The van der Waals surface area contributed by atoms with Crippen LogP contribution in [-0.4, -0.2) is 9.78 Å². The van der Waals surface area contributed by atoms with Crippen molar-refractivity contribution in [1.29, 1.82) is 0 Å². The van der Waals surface area contributed by atoms with Crippen LogP contribution in [0.2, 0.25) is 0 Å². The number of benzene rings is 2. The summed E-state index contributed by atoms with van der Waals surface area (Å²) < 4.78 is 1.93. The maximum atomic E-state index is 4.47. The van der Waals surface area contributed by atoms with Gasteiger partial charge in [-0.1, -0.05) is 49.4 Å². The average Bonchev–Trinajstić information content (AvgIpc) is 3.03. The Morgan fingerprint density at radius 1 is 0.818 bits per heavy atom. The maximum absolute atomic E-state index is 4.47. The van der Waals surface area contributed by atoms with E-state index in [1.54, 1.807) is 0 Å². The summed E-state index contributed by atoms with van der Waals surface area (Å²) in [4.78, 5) is 0. The molecular formula is C20H20N2. The lowest BCUT2D eigenvalue weighted by Crippen LogP contribution is -1.95. The fraction of sp³-hybridized carbons (Fsp3) is 0.250. The standard InChI is InChI=1S/C20H20N2/c1-14-12-13-22(21-14)18-10-8-17(9-11-18)20-15(2)19(20)16-6-4-3-5-7-16/h3-13,15,19-20H,1-2H3/t15-,19-,20-/m1/s1. The van der Waals surface area contributed by atoms with E-state index in [1.165, 1.54) is 11.1 Å². The lowest BCUT2D eigenvalue weighted by atomic mass is 10.0. The Bertz CT molecular complexity index is 771. The summed E-state index contributed by atoms with van der Waals surface area (Å²) in [7, 11) is 0. The molecule has 2 aromatic carbocycles. The van der Waals surface area contributed by atoms with Crippen molar-refractivity contribution in [2.75, 3.05) is 0 Å². The second-order valence-electron chi connectivity index (χ2n) is 6.31. The first-order valence-electron chi connectivity index (χ1n) is 7.91. The van der Waals surface area contributed by atoms with Gasteiger partial charge in [0, 0.05) is 6.20 Å². The van der Waals surface area contributed by atoms with E-state index in [9.17, 15) is 0 Å². The van der Waals surface area contributed by atoms with E-state index in [0.717, 1.165) is 17.3 Å². The predicted octanol–water partition coefficient (Wildman–Crippen LogP) is 4.70. The van der Waals surface area contributed by atoms with E-state index < -0.39 is 0 Å². The van der Waals surface area contributed by atoms with Gasteiger partial charge in [-0.2, -0.15) is 5.10 Å². The highest BCUT2D eigenvalue weighted by Gasteiger charge is 2.48. The summed E-state index contributed by atoms with van der Waals surface area (Å²) in [5.74, 6) is 2.04. The molecule has 2 heteroatoms. The number of aryl methyl sites for hydroxylation is 1. The normalized spacial score (nSPS) is 23.5. The van der Waals surface area contributed by atoms with Crippen LogP contribution < -0.4 is 0 Å². The third-order valence-electron chi connectivity index (χ3n) is 4.83. The molecule has 110 valence electrons. The zero-order valence-electron chi connectivity index (χ0n) is 13.0. The molecule has 1 fully saturated rings. The van der Waals surface area contributed by atoms with Gasteiger partial charge < -0.3 is 0 Å². The van der Waals surface area contributed by atoms with Gasteiger partial charge in [-0.3, -0.25) is 0 Å². The molecule has 3 aromatic rings. The van der Waals surface area contributed by atoms with Gasteiger partial charge in [0.25, 0.3) is 0 Å². The van der Waals surface area contributed by atoms with Crippen molar-refractivity contribution in [1.82, 2.24) is 9.78 Å². The zero-order chi connectivity index (χ0) is 15.1. The Kier molecular flexibility index (Phi) is 3.11. The van der Waals surface area contributed by atoms with Gasteiger partial charge in [0.05, 0.1) is 11.4 Å². The molecule has 1 aliphatic carbocycles. The Hall–Kier alpha value is -2.35. The number of hydrogen-bond donors (Lipinski definition) is 0. The maximum Gasteiger partial charge on any atom is 0.0645 e. The highest BCUT2D eigenvalue weighted by Crippen LogP contribution is 2.60. The lowest BCUT2D eigenvalue weighted by molar-refractivity contribution is 0.859. The van der Waals surface area contributed by atoms with E-state index in [-0.39, 0.29) is 0 Å². The van der Waals surface area contributed by atoms with Gasteiger partial charge in [-0.05, 0) is 54.0 Å². The summed E-state index contributed by atoms with van der Waals surface area (Å²) >= 11 is 0. The van der Waals surface area contributed by atoms with Gasteiger partial charge >= 0.3 is 0 Å². The summed E-state index contributed by atoms with van der Waals surface area (Å²) in [5, 5.41) is 4.47. The highest BCUT2D eigenvalue weighted by atomic mass is 15.3. The average molecular weight is 288 g/mol. The molecule has 0 spiro atoms. The molecule has 2 nitrogen and oxygen atoms in total. The predicted molar refractivity (Wildman–Crippen MR) is 89.4 cm³/mol. The number of hydrogen-bond acceptors (Lipinski definition) is 1. The monoisotopic (exact) mass is 288 g/mol. The molecule has 0 unspecified atom stereocenters. The van der Waals surface area contributed by atoms with Crippen molar-refractivity contribution >= 4 is 0 Å². The highest BCUT2D eigenvalue weighted by molar-refractivity contribution is 5.42. The molecule has 1 heterocycles. The molecule has 1 saturated carbocycles. The van der Waals surface area contributed by atoms with Crippen molar-refractivity contribution in [2.24, 2.45) is 5.92 Å². The quantitative estimate of drug-likeness (QED) is 0.683. The topological polar surface area (TPSA) is 17.8 Å². The SMILES string of the molecule is Cc1ccn(-c2ccc([C@H]3[C@H](C)[C@@H]3c3ccccc3)cc2)n1. The van der Waals surface area contributed by atoms with Gasteiger partial charge in [0.1, 0.15) is 0 Å². The van der Waals surface area contributed by atoms with Gasteiger partial charge in [-0.15, -0.1) is 0 Å². The van der Waals surface area contributed by atoms with Crippen LogP contribution in [0.1, 0.15) is 35.6 Å². The lowest BCUT2D eigenvalue weighted by Gasteiger charge is -2.05. The van der Waals surface area contributed by atoms with E-state index in [2.05, 4.69) is 66.6 Å². The fourth-order valence-electron chi connectivity index (χ4n) is 3.57. The first kappa shape index (κ1) is 13.3. The van der Waals surface area contributed by atoms with Crippen LogP contribution in [-0.2, 0) is 0 Å². The van der Waals surface area contributed by atoms with Crippen LogP contribution in [0.5, 0.6) is 0 Å². The van der Waals surface area contributed by atoms with Crippen LogP contribution in [0, 0.1) is 12.8 Å². The molecule has 3 atom stereocenters. The Balaban J connectivity index is 1.57. The molecule has 1 aromatic heterocycles. The number of nitrogens with zero attached hydrogens (tertiary/aromatic N) is 2. The van der Waals surface area contributed by atoms with E-state index >= 15 is 0 Å². The van der Waals surface area contributed by atoms with Crippen molar-refractivity contribution in [3.05, 3.63) is 83.7 Å². The second kappa shape index (κ2) is 5.13. The van der Waals surface area contributed by atoms with Gasteiger partial charge in [0.15, 0.2) is 0 Å². The zero-order valence-corrected chi connectivity index (χ0v) is 13.0. The number of aromatic nitrogens is 2. The van der Waals surface area contributed by atoms with Crippen LogP contribution in [0.3, 0.4) is 0 Å². The Morgan fingerprint density at radius 2 is 1.45 bits per heavy atom. The molecule has 0 radical (unpaired) electrons. The summed E-state index contributed by atoms with van der Waals surface area (Å²) in [6.07, 6.45) is 2.01. The third kappa shape index (κ3) is 2.25. The summed E-state index contributed by atoms with van der Waals surface area (Å²) in [6, 6.07) is 21.8. The van der Waals surface area contributed by atoms with Crippen LogP contribution in [0.15, 0.2) is 66.9 Å². The van der Waals surface area contributed by atoms with Gasteiger partial charge in [0.2, 0.25) is 0 Å². The minimum Gasteiger partial charge on any atom is -0.241 e. The van der Waals surface area contributed by atoms with Crippen LogP contribution in [0.25, 0.3) is 5.69 Å². The molecule has 0 aliphatic heterocycles. The fourth-order valence-corrected chi connectivity index (χ4v) is 3.57. The summed E-state index contributed by atoms with van der Waals surface area (Å²) in [5.41, 5.74) is 5.08. The molecule has 0 amide bonds. The first-order chi connectivity index (χ1) is 10.7. The van der Waals surface area contributed by atoms with Crippen LogP contribution >= 0.6 is 0 Å². The molecule has 0 bridgehead atoms. The van der Waals surface area contributed by atoms with E-state index in [0.29, 0.717) is 11.8 Å². The molecule has 1 aliphatic rings. The van der Waals surface area contributed by atoms with Crippen LogP contribution in [0.4, 0.5) is 0 Å². The minimum absolute atomic E-state index is 0.649. The van der Waals surface area contributed by atoms with Crippen molar-refractivity contribution in [2.45, 2.75) is 25.7 Å². The van der Waals surface area contributed by atoms with E-state index in [1.807, 2.05) is 23.9 Å². The van der Waals surface area contributed by atoms with E-state index in [4.69, 9.17) is 0 Å². The van der Waals surface area contributed by atoms with Crippen molar-refractivity contribution in [3.8, 4) is 5.69 Å². The first-order valence-corrected chi connectivity index (χ1v) is 7.91. The molecule has 0 N–H and O–H groups in total. The molecule has 0 saturated heterocycles. The Labute approximate surface area is 131 Å². The minimum atomic E-state index is 0.649. The molecule has 4 rings (SSSR count). The van der Waals surface area contributed by atoms with Crippen molar-refractivity contribution in [3.63, 3.8) is 0 Å². The van der Waals surface area contributed by atoms with Crippen molar-refractivity contribution < 1.29 is 0 Å². The summed E-state index contributed by atoms with van der Waals surface area (Å²) in [6.45, 7) is 4.37. The third-order valence-corrected chi connectivity index (χ3v) is 4.83. The largest absolute Gasteiger partial charge is 0.241 e. The Morgan fingerprint density at radius 3 is 2.05 bits per heavy atom. The van der Waals surface area contributed by atoms with Gasteiger partial charge in [-0.25, -0.2) is 4.68 Å². The molecular weight excluding hydrogens is 268 g/mol. The molecule has 22 heavy (non-hydrogen) atoms. The number of rotatable bonds is 3. The second-order valence-corrected chi connectivity index (χ2v) is 6.31.